The van der Waals surface area contributed by atoms with E-state index < -0.39 is 10.0 Å². The number of fused-ring (bicyclic) bond motifs is 3. The van der Waals surface area contributed by atoms with E-state index in [-0.39, 0.29) is 6.04 Å². The van der Waals surface area contributed by atoms with Gasteiger partial charge in [-0.3, -0.25) is 0 Å². The van der Waals surface area contributed by atoms with Crippen LogP contribution in [0.4, 0.5) is 5.95 Å². The molecular weight excluding hydrogens is 376 g/mol. The zero-order valence-corrected chi connectivity index (χ0v) is 17.2. The third-order valence-corrected chi connectivity index (χ3v) is 7.35. The summed E-state index contributed by atoms with van der Waals surface area (Å²) in [5.41, 5.74) is 4.54. The lowest BCUT2D eigenvalue weighted by Gasteiger charge is -2.30. The van der Waals surface area contributed by atoms with Crippen molar-refractivity contribution >= 4 is 16.0 Å². The Hall–Kier alpha value is -2.00. The molecule has 28 heavy (non-hydrogen) atoms. The van der Waals surface area contributed by atoms with Crippen molar-refractivity contribution in [2.45, 2.75) is 57.5 Å². The summed E-state index contributed by atoms with van der Waals surface area (Å²) in [7, 11) is -3.11. The molecular formula is C19H26N6O2S. The van der Waals surface area contributed by atoms with E-state index >= 15 is 0 Å². The summed E-state index contributed by atoms with van der Waals surface area (Å²) in [6, 6.07) is 0.753. The van der Waals surface area contributed by atoms with Crippen molar-refractivity contribution in [1.29, 1.82) is 0 Å². The lowest BCUT2D eigenvalue weighted by Crippen LogP contribution is -2.42. The summed E-state index contributed by atoms with van der Waals surface area (Å²) in [4.78, 5) is 14.2. The van der Waals surface area contributed by atoms with Gasteiger partial charge < -0.3 is 9.88 Å². The van der Waals surface area contributed by atoms with Gasteiger partial charge in [-0.05, 0) is 51.0 Å². The Labute approximate surface area is 165 Å². The fourth-order valence-corrected chi connectivity index (χ4v) is 5.31. The summed E-state index contributed by atoms with van der Waals surface area (Å²) in [5.74, 6) is 1.72. The average molecular weight is 403 g/mol. The van der Waals surface area contributed by atoms with Gasteiger partial charge in [0.05, 0.1) is 23.3 Å². The molecule has 0 amide bonds. The Bertz CT molecular complexity index is 1020. The van der Waals surface area contributed by atoms with Crippen LogP contribution in [0.1, 0.15) is 48.8 Å². The first-order chi connectivity index (χ1) is 13.4. The molecule has 1 saturated carbocycles. The highest BCUT2D eigenvalue weighted by molar-refractivity contribution is 7.88. The normalized spacial score (nSPS) is 20.6. The van der Waals surface area contributed by atoms with Gasteiger partial charge in [-0.2, -0.15) is 0 Å². The minimum absolute atomic E-state index is 0.189. The van der Waals surface area contributed by atoms with Crippen LogP contribution in [0.25, 0.3) is 11.4 Å². The zero-order valence-electron chi connectivity index (χ0n) is 16.3. The van der Waals surface area contributed by atoms with E-state index in [0.717, 1.165) is 42.9 Å². The first-order valence-corrected chi connectivity index (χ1v) is 11.9. The molecule has 2 aliphatic carbocycles. The molecule has 0 unspecified atom stereocenters. The van der Waals surface area contributed by atoms with Gasteiger partial charge in [-0.15, -0.1) is 0 Å². The fourth-order valence-electron chi connectivity index (χ4n) is 4.44. The number of hydrogen-bond acceptors (Lipinski definition) is 6. The van der Waals surface area contributed by atoms with E-state index in [1.807, 2.05) is 6.20 Å². The van der Waals surface area contributed by atoms with Crippen molar-refractivity contribution < 1.29 is 8.42 Å². The Morgan fingerprint density at radius 1 is 1.11 bits per heavy atom. The number of aromatic nitrogens is 4. The molecule has 2 fully saturated rings. The van der Waals surface area contributed by atoms with Crippen LogP contribution in [0.3, 0.4) is 0 Å². The highest BCUT2D eigenvalue weighted by Gasteiger charge is 2.33. The van der Waals surface area contributed by atoms with Gasteiger partial charge in [0.2, 0.25) is 16.0 Å². The largest absolute Gasteiger partial charge is 0.351 e. The number of hydrogen-bond donors (Lipinski definition) is 1. The Kier molecular flexibility index (Phi) is 4.20. The molecule has 0 radical (unpaired) electrons. The number of piperidine rings is 1. The van der Waals surface area contributed by atoms with Gasteiger partial charge >= 0.3 is 0 Å². The molecule has 2 aromatic rings. The minimum atomic E-state index is -3.11. The molecule has 9 heteroatoms. The number of imidazole rings is 1. The van der Waals surface area contributed by atoms with Crippen LogP contribution in [0.5, 0.6) is 0 Å². The topological polar surface area (TPSA) is 93.0 Å². The van der Waals surface area contributed by atoms with Crippen LogP contribution in [0.15, 0.2) is 6.20 Å². The number of anilines is 1. The van der Waals surface area contributed by atoms with Crippen molar-refractivity contribution in [2.75, 3.05) is 24.7 Å². The molecule has 1 N–H and O–H groups in total. The average Bonchev–Trinajstić information content (AvgIpc) is 3.43. The predicted octanol–water partition coefficient (Wildman–Crippen LogP) is 1.92. The van der Waals surface area contributed by atoms with E-state index in [1.165, 1.54) is 30.4 Å². The molecule has 8 nitrogen and oxygen atoms in total. The standard InChI is InChI=1S/C19H26N6O2S/c1-12-21-16-6-3-13-11-20-19(23-17(13)18(16)25(12)15-4-5-15)22-14-7-9-24(10-8-14)28(2,26)27/h11,14-15H,3-10H2,1-2H3,(H,20,22,23). The van der Waals surface area contributed by atoms with E-state index in [1.54, 1.807) is 4.31 Å². The SMILES string of the molecule is Cc1nc2c(n1C1CC1)-c1nc(NC3CCN(S(C)(=O)=O)CC3)ncc1CC2. The summed E-state index contributed by atoms with van der Waals surface area (Å²) in [5, 5.41) is 3.43. The van der Waals surface area contributed by atoms with E-state index in [0.29, 0.717) is 25.1 Å². The first-order valence-electron chi connectivity index (χ1n) is 10.1. The van der Waals surface area contributed by atoms with E-state index in [4.69, 9.17) is 9.97 Å². The molecule has 0 bridgehead atoms. The monoisotopic (exact) mass is 402 g/mol. The van der Waals surface area contributed by atoms with Crippen molar-refractivity contribution in [3.63, 3.8) is 0 Å². The van der Waals surface area contributed by atoms with Gasteiger partial charge in [-0.1, -0.05) is 0 Å². The molecule has 3 aliphatic rings. The zero-order chi connectivity index (χ0) is 19.5. The third kappa shape index (κ3) is 3.20. The minimum Gasteiger partial charge on any atom is -0.351 e. The number of sulfonamides is 1. The second kappa shape index (κ2) is 6.52. The van der Waals surface area contributed by atoms with E-state index in [2.05, 4.69) is 21.8 Å². The molecule has 1 saturated heterocycles. The van der Waals surface area contributed by atoms with Gasteiger partial charge in [0.25, 0.3) is 0 Å². The third-order valence-electron chi connectivity index (χ3n) is 6.05. The second-order valence-electron chi connectivity index (χ2n) is 8.20. The van der Waals surface area contributed by atoms with Gasteiger partial charge in [-0.25, -0.2) is 27.7 Å². The molecule has 1 aliphatic heterocycles. The van der Waals surface area contributed by atoms with E-state index in [9.17, 15) is 8.42 Å². The maximum Gasteiger partial charge on any atom is 0.223 e. The maximum atomic E-state index is 11.7. The summed E-state index contributed by atoms with van der Waals surface area (Å²) >= 11 is 0. The molecule has 150 valence electrons. The predicted molar refractivity (Wildman–Crippen MR) is 107 cm³/mol. The smallest absolute Gasteiger partial charge is 0.223 e. The van der Waals surface area contributed by atoms with Crippen LogP contribution >= 0.6 is 0 Å². The Balaban J connectivity index is 1.39. The van der Waals surface area contributed by atoms with Crippen LogP contribution in [0.2, 0.25) is 0 Å². The lowest BCUT2D eigenvalue weighted by atomic mass is 9.98. The second-order valence-corrected chi connectivity index (χ2v) is 10.2. The van der Waals surface area contributed by atoms with Gasteiger partial charge in [0.15, 0.2) is 0 Å². The quantitative estimate of drug-likeness (QED) is 0.840. The lowest BCUT2D eigenvalue weighted by molar-refractivity contribution is 0.331. The number of rotatable bonds is 4. The number of aryl methyl sites for hydroxylation is 3. The molecule has 2 aromatic heterocycles. The summed E-state index contributed by atoms with van der Waals surface area (Å²) < 4.78 is 27.3. The number of nitrogens with one attached hydrogen (secondary N) is 1. The van der Waals surface area contributed by atoms with Crippen molar-refractivity contribution in [3.05, 3.63) is 23.3 Å². The van der Waals surface area contributed by atoms with Crippen LogP contribution in [-0.4, -0.2) is 57.6 Å². The molecule has 0 aromatic carbocycles. The van der Waals surface area contributed by atoms with Gasteiger partial charge in [0.1, 0.15) is 5.82 Å². The molecule has 0 atom stereocenters. The van der Waals surface area contributed by atoms with Crippen molar-refractivity contribution in [1.82, 2.24) is 23.8 Å². The highest BCUT2D eigenvalue weighted by Crippen LogP contribution is 2.43. The Morgan fingerprint density at radius 3 is 2.54 bits per heavy atom. The molecule has 0 spiro atoms. The Morgan fingerprint density at radius 2 is 1.86 bits per heavy atom. The van der Waals surface area contributed by atoms with Crippen molar-refractivity contribution in [2.24, 2.45) is 0 Å². The molecule has 3 heterocycles. The highest BCUT2D eigenvalue weighted by atomic mass is 32.2. The first kappa shape index (κ1) is 18.1. The van der Waals surface area contributed by atoms with Crippen LogP contribution in [0, 0.1) is 6.92 Å². The summed E-state index contributed by atoms with van der Waals surface area (Å²) in [6.45, 7) is 3.17. The summed E-state index contributed by atoms with van der Waals surface area (Å²) in [6.07, 6.45) is 9.05. The van der Waals surface area contributed by atoms with Crippen LogP contribution in [-0.2, 0) is 22.9 Å². The van der Waals surface area contributed by atoms with Crippen LogP contribution < -0.4 is 5.32 Å². The fraction of sp³-hybridized carbons (Fsp3) is 0.632. The maximum absolute atomic E-state index is 11.7. The molecule has 5 rings (SSSR count). The number of nitrogens with zero attached hydrogens (tertiary/aromatic N) is 5. The van der Waals surface area contributed by atoms with Gasteiger partial charge in [0, 0.05) is 31.4 Å². The van der Waals surface area contributed by atoms with Crippen molar-refractivity contribution in [3.8, 4) is 11.4 Å².